The molecule has 0 heterocycles. The highest BCUT2D eigenvalue weighted by Gasteiger charge is 2.19. The van der Waals surface area contributed by atoms with Gasteiger partial charge in [-0.15, -0.1) is 0 Å². The van der Waals surface area contributed by atoms with Crippen molar-refractivity contribution >= 4 is 17.4 Å². The Kier molecular flexibility index (Phi) is 6.91. The third-order valence-corrected chi connectivity index (χ3v) is 3.94. The molecule has 0 saturated carbocycles. The summed E-state index contributed by atoms with van der Waals surface area (Å²) in [6.45, 7) is 7.67. The second kappa shape index (κ2) is 5.85. The zero-order valence-electron chi connectivity index (χ0n) is 9.13. The van der Waals surface area contributed by atoms with Crippen LogP contribution >= 0.6 is 7.60 Å². The molecule has 0 spiro atoms. The van der Waals surface area contributed by atoms with Gasteiger partial charge in [0.25, 0.3) is 0 Å². The Balaban J connectivity index is 0. The molecular formula is C7H19O5PS. The number of hydrogen-bond donors (Lipinski definition) is 2. The predicted molar refractivity (Wildman–Crippen MR) is 57.2 cm³/mol. The van der Waals surface area contributed by atoms with Crippen LogP contribution in [0.5, 0.6) is 0 Å². The molecule has 0 unspecified atom stereocenters. The van der Waals surface area contributed by atoms with Crippen LogP contribution in [-0.2, 0) is 14.4 Å². The van der Waals surface area contributed by atoms with E-state index < -0.39 is 17.4 Å². The van der Waals surface area contributed by atoms with E-state index in [0.717, 1.165) is 6.66 Å². The van der Waals surface area contributed by atoms with Crippen molar-refractivity contribution in [2.45, 2.75) is 38.2 Å². The Labute approximate surface area is 85.6 Å². The molecule has 14 heavy (non-hydrogen) atoms. The minimum atomic E-state index is -3.64. The Hall–Kier alpha value is 0.1000. The van der Waals surface area contributed by atoms with Gasteiger partial charge in [-0.2, -0.15) is 0 Å². The number of sulfone groups is 1. The van der Waals surface area contributed by atoms with Crippen LogP contribution in [0.15, 0.2) is 0 Å². The molecule has 0 atom stereocenters. The van der Waals surface area contributed by atoms with Gasteiger partial charge in [0.05, 0.1) is 10.5 Å². The van der Waals surface area contributed by atoms with Crippen molar-refractivity contribution < 1.29 is 22.8 Å². The van der Waals surface area contributed by atoms with Gasteiger partial charge in [-0.25, -0.2) is 8.42 Å². The lowest BCUT2D eigenvalue weighted by Gasteiger charge is -2.09. The zero-order valence-corrected chi connectivity index (χ0v) is 10.8. The van der Waals surface area contributed by atoms with Gasteiger partial charge in [0.2, 0.25) is 0 Å². The van der Waals surface area contributed by atoms with Crippen LogP contribution < -0.4 is 0 Å². The van der Waals surface area contributed by atoms with E-state index in [1.807, 2.05) is 0 Å². The highest BCUT2D eigenvalue weighted by Crippen LogP contribution is 2.26. The Morgan fingerprint density at radius 2 is 1.14 bits per heavy atom. The summed E-state index contributed by atoms with van der Waals surface area (Å²) in [6, 6.07) is 0. The van der Waals surface area contributed by atoms with Crippen LogP contribution in [0.3, 0.4) is 0 Å². The SMILES string of the molecule is CC(C)S(=O)(=O)C(C)C.CP(=O)(O)O. The Morgan fingerprint density at radius 3 is 1.14 bits per heavy atom. The molecule has 0 amide bonds. The van der Waals surface area contributed by atoms with Crippen LogP contribution in [0.4, 0.5) is 0 Å². The molecule has 0 radical (unpaired) electrons. The van der Waals surface area contributed by atoms with Crippen molar-refractivity contribution in [1.29, 1.82) is 0 Å². The third-order valence-electron chi connectivity index (χ3n) is 1.31. The minimum absolute atomic E-state index is 0.238. The standard InChI is InChI=1S/C6H14O2S.CH5O3P/c1-5(2)9(7,8)6(3)4;1-5(2,3)4/h5-6H,1-4H3;1H3,(H2,2,3,4). The molecule has 0 aromatic rings. The molecule has 5 nitrogen and oxygen atoms in total. The number of rotatable bonds is 2. The van der Waals surface area contributed by atoms with Crippen molar-refractivity contribution in [1.82, 2.24) is 0 Å². The molecule has 0 saturated heterocycles. The van der Waals surface area contributed by atoms with Crippen LogP contribution in [-0.4, -0.2) is 35.4 Å². The first-order valence-corrected chi connectivity index (χ1v) is 7.81. The van der Waals surface area contributed by atoms with Crippen molar-refractivity contribution in [3.05, 3.63) is 0 Å². The lowest BCUT2D eigenvalue weighted by molar-refractivity contribution is 0.381. The molecule has 0 bridgehead atoms. The van der Waals surface area contributed by atoms with E-state index in [9.17, 15) is 13.0 Å². The maximum absolute atomic E-state index is 11.0. The average Bonchev–Trinajstić information content (AvgIpc) is 1.82. The summed E-state index contributed by atoms with van der Waals surface area (Å²) >= 11 is 0. The highest BCUT2D eigenvalue weighted by molar-refractivity contribution is 7.92. The van der Waals surface area contributed by atoms with E-state index >= 15 is 0 Å². The Bertz CT molecular complexity index is 265. The van der Waals surface area contributed by atoms with Gasteiger partial charge in [-0.3, -0.25) is 4.57 Å². The summed E-state index contributed by atoms with van der Waals surface area (Å²) in [5.41, 5.74) is 0. The van der Waals surface area contributed by atoms with Gasteiger partial charge in [0.15, 0.2) is 9.84 Å². The molecule has 0 rings (SSSR count). The van der Waals surface area contributed by atoms with E-state index in [2.05, 4.69) is 0 Å². The fourth-order valence-corrected chi connectivity index (χ4v) is 1.63. The summed E-state index contributed by atoms with van der Waals surface area (Å²) in [4.78, 5) is 15.3. The van der Waals surface area contributed by atoms with Crippen molar-refractivity contribution in [2.75, 3.05) is 6.66 Å². The number of hydrogen-bond acceptors (Lipinski definition) is 3. The summed E-state index contributed by atoms with van der Waals surface area (Å²) < 4.78 is 31.4. The fourth-order valence-electron chi connectivity index (χ4n) is 0.544. The van der Waals surface area contributed by atoms with Gasteiger partial charge in [-0.05, 0) is 27.7 Å². The first-order valence-electron chi connectivity index (χ1n) is 4.14. The van der Waals surface area contributed by atoms with Gasteiger partial charge < -0.3 is 9.79 Å². The smallest absolute Gasteiger partial charge is 0.322 e. The van der Waals surface area contributed by atoms with Crippen molar-refractivity contribution in [3.8, 4) is 0 Å². The van der Waals surface area contributed by atoms with E-state index in [-0.39, 0.29) is 10.5 Å². The first-order chi connectivity index (χ1) is 5.89. The molecular weight excluding hydrogens is 227 g/mol. The van der Waals surface area contributed by atoms with Crippen LogP contribution in [0.25, 0.3) is 0 Å². The van der Waals surface area contributed by atoms with Gasteiger partial charge in [0.1, 0.15) is 0 Å². The van der Waals surface area contributed by atoms with Crippen molar-refractivity contribution in [2.24, 2.45) is 0 Å². The van der Waals surface area contributed by atoms with Gasteiger partial charge >= 0.3 is 7.60 Å². The molecule has 7 heteroatoms. The van der Waals surface area contributed by atoms with Crippen LogP contribution in [0.2, 0.25) is 0 Å². The van der Waals surface area contributed by atoms with Crippen LogP contribution in [0.1, 0.15) is 27.7 Å². The normalized spacial score (nSPS) is 12.6. The van der Waals surface area contributed by atoms with Gasteiger partial charge in [0, 0.05) is 6.66 Å². The summed E-state index contributed by atoms with van der Waals surface area (Å²) in [6.07, 6.45) is 0. The van der Waals surface area contributed by atoms with Crippen molar-refractivity contribution in [3.63, 3.8) is 0 Å². The topological polar surface area (TPSA) is 91.7 Å². The van der Waals surface area contributed by atoms with E-state index in [1.165, 1.54) is 0 Å². The minimum Gasteiger partial charge on any atom is -0.325 e. The molecule has 0 aromatic carbocycles. The maximum Gasteiger partial charge on any atom is 0.322 e. The molecule has 0 aromatic heterocycles. The van der Waals surface area contributed by atoms with Gasteiger partial charge in [-0.1, -0.05) is 0 Å². The fraction of sp³-hybridized carbons (Fsp3) is 1.00. The average molecular weight is 246 g/mol. The lowest BCUT2D eigenvalue weighted by Crippen LogP contribution is -2.23. The summed E-state index contributed by atoms with van der Waals surface area (Å²) in [5, 5.41) is -0.477. The quantitative estimate of drug-likeness (QED) is 0.709. The Morgan fingerprint density at radius 1 is 1.00 bits per heavy atom. The molecule has 0 aliphatic carbocycles. The predicted octanol–water partition coefficient (Wildman–Crippen LogP) is 1.01. The third kappa shape index (κ3) is 10.2. The lowest BCUT2D eigenvalue weighted by atomic mass is 10.5. The second-order valence-corrected chi connectivity index (χ2v) is 8.26. The van der Waals surface area contributed by atoms with E-state index in [0.29, 0.717) is 0 Å². The molecule has 88 valence electrons. The molecule has 0 aliphatic heterocycles. The summed E-state index contributed by atoms with van der Waals surface area (Å²) in [5.74, 6) is 0. The molecule has 0 aliphatic rings. The highest BCUT2D eigenvalue weighted by atomic mass is 32.2. The largest absolute Gasteiger partial charge is 0.325 e. The summed E-state index contributed by atoms with van der Waals surface area (Å²) in [7, 11) is -6.45. The zero-order chi connectivity index (χ0) is 12.2. The van der Waals surface area contributed by atoms with E-state index in [1.54, 1.807) is 27.7 Å². The van der Waals surface area contributed by atoms with Crippen LogP contribution in [0, 0.1) is 0 Å². The maximum atomic E-state index is 11.0. The second-order valence-electron chi connectivity index (χ2n) is 3.52. The van der Waals surface area contributed by atoms with E-state index in [4.69, 9.17) is 9.79 Å². The molecule has 0 fully saturated rings. The first kappa shape index (κ1) is 16.5. The monoisotopic (exact) mass is 246 g/mol. The molecule has 2 N–H and O–H groups in total.